The normalized spacial score (nSPS) is 10.7. The number of hydrogen-bond acceptors (Lipinski definition) is 3. The van der Waals surface area contributed by atoms with Gasteiger partial charge in [0.1, 0.15) is 0 Å². The van der Waals surface area contributed by atoms with Gasteiger partial charge in [0.25, 0.3) is 0 Å². The molecule has 1 aromatic heterocycles. The average molecular weight is 258 g/mol. The van der Waals surface area contributed by atoms with Gasteiger partial charge in [0.2, 0.25) is 0 Å². The molecule has 0 aliphatic carbocycles. The number of rotatable bonds is 4. The Hall–Kier alpha value is -1.87. The first-order valence-electron chi connectivity index (χ1n) is 5.78. The van der Waals surface area contributed by atoms with Crippen LogP contribution in [0.25, 0.3) is 12.2 Å². The molecule has 92 valence electrons. The molecule has 0 unspecified atom stereocenters. The van der Waals surface area contributed by atoms with Crippen molar-refractivity contribution in [2.24, 2.45) is 0 Å². The van der Waals surface area contributed by atoms with Crippen LogP contribution in [0.4, 0.5) is 0 Å². The fourth-order valence-electron chi connectivity index (χ4n) is 1.51. The maximum atomic E-state index is 11.5. The number of benzene rings is 1. The summed E-state index contributed by atoms with van der Waals surface area (Å²) in [6.45, 7) is 2.20. The summed E-state index contributed by atoms with van der Waals surface area (Å²) >= 11 is 1.70. The van der Waals surface area contributed by atoms with E-state index in [-0.39, 0.29) is 5.97 Å². The Morgan fingerprint density at radius 3 is 2.61 bits per heavy atom. The summed E-state index contributed by atoms with van der Waals surface area (Å²) in [5.74, 6) is -0.272. The van der Waals surface area contributed by atoms with Crippen molar-refractivity contribution in [1.29, 1.82) is 0 Å². The number of esters is 1. The van der Waals surface area contributed by atoms with E-state index in [1.807, 2.05) is 29.7 Å². The predicted octanol–water partition coefficient (Wildman–Crippen LogP) is 4.10. The molecule has 1 heterocycles. The van der Waals surface area contributed by atoms with E-state index in [0.29, 0.717) is 12.2 Å². The summed E-state index contributed by atoms with van der Waals surface area (Å²) in [5.41, 5.74) is 1.65. The van der Waals surface area contributed by atoms with Crippen LogP contribution >= 0.6 is 11.3 Å². The van der Waals surface area contributed by atoms with Crippen LogP contribution in [0, 0.1) is 0 Å². The van der Waals surface area contributed by atoms with Crippen molar-refractivity contribution < 1.29 is 9.53 Å². The van der Waals surface area contributed by atoms with Crippen molar-refractivity contribution in [1.82, 2.24) is 0 Å². The second-order valence-corrected chi connectivity index (χ2v) is 4.67. The van der Waals surface area contributed by atoms with E-state index < -0.39 is 0 Å². The van der Waals surface area contributed by atoms with Gasteiger partial charge in [-0.3, -0.25) is 0 Å². The van der Waals surface area contributed by atoms with Gasteiger partial charge in [-0.25, -0.2) is 4.79 Å². The Morgan fingerprint density at radius 1 is 1.22 bits per heavy atom. The Kier molecular flexibility index (Phi) is 4.31. The van der Waals surface area contributed by atoms with Crippen molar-refractivity contribution in [3.8, 4) is 0 Å². The minimum atomic E-state index is -0.272. The van der Waals surface area contributed by atoms with Crippen LogP contribution in [0.3, 0.4) is 0 Å². The average Bonchev–Trinajstić information content (AvgIpc) is 2.90. The van der Waals surface area contributed by atoms with Gasteiger partial charge in [-0.2, -0.15) is 0 Å². The van der Waals surface area contributed by atoms with E-state index in [0.717, 1.165) is 5.56 Å². The zero-order valence-electron chi connectivity index (χ0n) is 10.1. The molecule has 18 heavy (non-hydrogen) atoms. The number of carbonyl (C=O) groups excluding carboxylic acids is 1. The molecular weight excluding hydrogens is 244 g/mol. The first-order valence-corrected chi connectivity index (χ1v) is 6.66. The standard InChI is InChI=1S/C15H14O2S/c1-2-17-15(16)13-8-5-12(6-9-13)7-10-14-4-3-11-18-14/h3-11H,2H2,1H3/b10-7-. The summed E-state index contributed by atoms with van der Waals surface area (Å²) in [7, 11) is 0. The zero-order valence-corrected chi connectivity index (χ0v) is 10.9. The summed E-state index contributed by atoms with van der Waals surface area (Å²) in [5, 5.41) is 2.05. The minimum absolute atomic E-state index is 0.272. The maximum Gasteiger partial charge on any atom is 0.338 e. The van der Waals surface area contributed by atoms with Crippen LogP contribution in [0.2, 0.25) is 0 Å². The van der Waals surface area contributed by atoms with E-state index in [1.54, 1.807) is 30.4 Å². The van der Waals surface area contributed by atoms with Crippen LogP contribution in [0.1, 0.15) is 27.7 Å². The van der Waals surface area contributed by atoms with Crippen molar-refractivity contribution in [3.63, 3.8) is 0 Å². The Balaban J connectivity index is 2.06. The molecule has 2 aromatic rings. The fourth-order valence-corrected chi connectivity index (χ4v) is 2.13. The van der Waals surface area contributed by atoms with E-state index >= 15 is 0 Å². The molecule has 0 spiro atoms. The second-order valence-electron chi connectivity index (χ2n) is 3.69. The van der Waals surface area contributed by atoms with E-state index in [1.165, 1.54) is 4.88 Å². The lowest BCUT2D eigenvalue weighted by molar-refractivity contribution is 0.0526. The maximum absolute atomic E-state index is 11.5. The molecule has 0 radical (unpaired) electrons. The number of carbonyl (C=O) groups is 1. The lowest BCUT2D eigenvalue weighted by atomic mass is 10.1. The summed E-state index contributed by atoms with van der Waals surface area (Å²) in [6.07, 6.45) is 4.09. The molecule has 0 saturated carbocycles. The van der Waals surface area contributed by atoms with E-state index in [2.05, 4.69) is 12.1 Å². The fraction of sp³-hybridized carbons (Fsp3) is 0.133. The first-order chi connectivity index (χ1) is 8.79. The molecule has 1 aromatic carbocycles. The molecule has 0 fully saturated rings. The Labute approximate surface area is 111 Å². The van der Waals surface area contributed by atoms with Gasteiger partial charge >= 0.3 is 5.97 Å². The third-order valence-corrected chi connectivity index (χ3v) is 3.24. The molecular formula is C15H14O2S. The smallest absolute Gasteiger partial charge is 0.338 e. The first kappa shape index (κ1) is 12.6. The number of hydrogen-bond donors (Lipinski definition) is 0. The van der Waals surface area contributed by atoms with Crippen LogP contribution in [0.15, 0.2) is 41.8 Å². The monoisotopic (exact) mass is 258 g/mol. The highest BCUT2D eigenvalue weighted by Gasteiger charge is 2.04. The highest BCUT2D eigenvalue weighted by molar-refractivity contribution is 7.10. The van der Waals surface area contributed by atoms with Gasteiger partial charge in [0, 0.05) is 4.88 Å². The van der Waals surface area contributed by atoms with Crippen LogP contribution in [-0.4, -0.2) is 12.6 Å². The number of thiophene rings is 1. The topological polar surface area (TPSA) is 26.3 Å². The SMILES string of the molecule is CCOC(=O)c1ccc(/C=C\c2cccs2)cc1. The van der Waals surface area contributed by atoms with Crippen molar-refractivity contribution in [2.45, 2.75) is 6.92 Å². The molecule has 0 aliphatic rings. The molecule has 3 heteroatoms. The molecule has 2 nitrogen and oxygen atoms in total. The van der Waals surface area contributed by atoms with Crippen molar-refractivity contribution >= 4 is 29.5 Å². The van der Waals surface area contributed by atoms with Crippen LogP contribution in [0.5, 0.6) is 0 Å². The van der Waals surface area contributed by atoms with Gasteiger partial charge in [0.15, 0.2) is 0 Å². The van der Waals surface area contributed by atoms with E-state index in [9.17, 15) is 4.79 Å². The lowest BCUT2D eigenvalue weighted by Gasteiger charge is -2.01. The summed E-state index contributed by atoms with van der Waals surface area (Å²) in [4.78, 5) is 12.7. The van der Waals surface area contributed by atoms with Gasteiger partial charge in [0.05, 0.1) is 12.2 Å². The van der Waals surface area contributed by atoms with Crippen molar-refractivity contribution in [3.05, 3.63) is 57.8 Å². The van der Waals surface area contributed by atoms with Crippen molar-refractivity contribution in [2.75, 3.05) is 6.61 Å². The van der Waals surface area contributed by atoms with E-state index in [4.69, 9.17) is 4.74 Å². The molecule has 2 rings (SSSR count). The van der Waals surface area contributed by atoms with Gasteiger partial charge in [-0.1, -0.05) is 24.3 Å². The molecule has 0 atom stereocenters. The third kappa shape index (κ3) is 3.31. The minimum Gasteiger partial charge on any atom is -0.462 e. The molecule has 0 N–H and O–H groups in total. The number of ether oxygens (including phenoxy) is 1. The summed E-state index contributed by atoms with van der Waals surface area (Å²) < 4.78 is 4.93. The van der Waals surface area contributed by atoms with Crippen LogP contribution in [-0.2, 0) is 4.74 Å². The van der Waals surface area contributed by atoms with Gasteiger partial charge < -0.3 is 4.74 Å². The highest BCUT2D eigenvalue weighted by atomic mass is 32.1. The molecule has 0 saturated heterocycles. The Bertz CT molecular complexity index is 524. The Morgan fingerprint density at radius 2 is 2.00 bits per heavy atom. The van der Waals surface area contributed by atoms with Gasteiger partial charge in [-0.05, 0) is 42.1 Å². The largest absolute Gasteiger partial charge is 0.462 e. The molecule has 0 bridgehead atoms. The predicted molar refractivity (Wildman–Crippen MR) is 75.6 cm³/mol. The highest BCUT2D eigenvalue weighted by Crippen LogP contribution is 2.14. The third-order valence-electron chi connectivity index (χ3n) is 2.41. The quantitative estimate of drug-likeness (QED) is 0.772. The second kappa shape index (κ2) is 6.17. The summed E-state index contributed by atoms with van der Waals surface area (Å²) in [6, 6.07) is 11.5. The molecule has 0 amide bonds. The van der Waals surface area contributed by atoms with Gasteiger partial charge in [-0.15, -0.1) is 11.3 Å². The van der Waals surface area contributed by atoms with Crippen LogP contribution < -0.4 is 0 Å². The molecule has 0 aliphatic heterocycles. The zero-order chi connectivity index (χ0) is 12.8. The lowest BCUT2D eigenvalue weighted by Crippen LogP contribution is -2.03.